The van der Waals surface area contributed by atoms with E-state index in [9.17, 15) is 19.1 Å². The molecule has 2 amide bonds. The van der Waals surface area contributed by atoms with Gasteiger partial charge in [0.2, 0.25) is 0 Å². The highest BCUT2D eigenvalue weighted by atomic mass is 19.1. The molecule has 1 fully saturated rings. The third kappa shape index (κ3) is 5.05. The standard InChI is InChI=1S/C24H28FN5O4/c1-24(2,33)6-5-15-13-16-18(14-17(15)25)34-12-11-30-20(19(21(26)31)28-22(16)30)23(32)27-7-10-29-8-3-4-9-29/h13-14,33H,3-4,7-12H2,1-2H3,(H2,26,31)(H,27,32). The molecule has 2 aliphatic rings. The first-order valence-electron chi connectivity index (χ1n) is 11.3. The molecule has 1 saturated heterocycles. The molecule has 0 atom stereocenters. The number of aromatic nitrogens is 2. The van der Waals surface area contributed by atoms with Crippen molar-refractivity contribution in [1.29, 1.82) is 0 Å². The number of amides is 2. The van der Waals surface area contributed by atoms with E-state index in [1.165, 1.54) is 26.0 Å². The number of benzene rings is 1. The van der Waals surface area contributed by atoms with Crippen molar-refractivity contribution in [3.63, 3.8) is 0 Å². The fourth-order valence-corrected chi connectivity index (χ4v) is 4.11. The zero-order valence-electron chi connectivity index (χ0n) is 19.3. The van der Waals surface area contributed by atoms with Gasteiger partial charge in [0.25, 0.3) is 11.8 Å². The summed E-state index contributed by atoms with van der Waals surface area (Å²) in [4.78, 5) is 31.9. The van der Waals surface area contributed by atoms with Gasteiger partial charge in [-0.25, -0.2) is 9.37 Å². The van der Waals surface area contributed by atoms with Crippen molar-refractivity contribution in [2.24, 2.45) is 5.73 Å². The molecular formula is C24H28FN5O4. The number of carbonyl (C=O) groups is 2. The van der Waals surface area contributed by atoms with Crippen molar-refractivity contribution in [2.45, 2.75) is 38.8 Å². The molecule has 10 heteroatoms. The molecule has 0 aliphatic carbocycles. The Hall–Kier alpha value is -3.42. The number of carbonyl (C=O) groups excluding carboxylic acids is 2. The lowest BCUT2D eigenvalue weighted by Crippen LogP contribution is -2.35. The molecule has 1 aromatic heterocycles. The third-order valence-corrected chi connectivity index (χ3v) is 5.71. The lowest BCUT2D eigenvalue weighted by Gasteiger charge is -2.15. The number of likely N-dealkylation sites (tertiary alicyclic amines) is 1. The Labute approximate surface area is 197 Å². The summed E-state index contributed by atoms with van der Waals surface area (Å²) < 4.78 is 21.9. The molecule has 0 unspecified atom stereocenters. The Morgan fingerprint density at radius 1 is 1.29 bits per heavy atom. The minimum atomic E-state index is -1.31. The maximum atomic E-state index is 14.6. The summed E-state index contributed by atoms with van der Waals surface area (Å²) in [6.07, 6.45) is 2.30. The Kier molecular flexibility index (Phi) is 6.59. The average Bonchev–Trinajstić information content (AvgIpc) is 3.37. The first-order valence-corrected chi connectivity index (χ1v) is 11.3. The minimum absolute atomic E-state index is 0.0261. The number of aliphatic hydroxyl groups is 1. The Bertz CT molecular complexity index is 1180. The highest BCUT2D eigenvalue weighted by Gasteiger charge is 2.30. The van der Waals surface area contributed by atoms with Crippen LogP contribution in [0.4, 0.5) is 4.39 Å². The van der Waals surface area contributed by atoms with Crippen LogP contribution in [0.15, 0.2) is 12.1 Å². The van der Waals surface area contributed by atoms with Gasteiger partial charge in [0.15, 0.2) is 5.69 Å². The number of nitrogens with one attached hydrogen (secondary N) is 1. The molecule has 2 aliphatic heterocycles. The maximum Gasteiger partial charge on any atom is 0.270 e. The van der Waals surface area contributed by atoms with Gasteiger partial charge in [-0.1, -0.05) is 11.8 Å². The predicted octanol–water partition coefficient (Wildman–Crippen LogP) is 1.13. The largest absolute Gasteiger partial charge is 0.491 e. The smallest absolute Gasteiger partial charge is 0.270 e. The fraction of sp³-hybridized carbons (Fsp3) is 0.458. The summed E-state index contributed by atoms with van der Waals surface area (Å²) in [5, 5.41) is 12.7. The number of fused-ring (bicyclic) bond motifs is 3. The number of nitrogens with two attached hydrogens (primary N) is 1. The van der Waals surface area contributed by atoms with Crippen LogP contribution in [0.3, 0.4) is 0 Å². The van der Waals surface area contributed by atoms with E-state index in [-0.39, 0.29) is 41.7 Å². The first kappa shape index (κ1) is 23.7. The van der Waals surface area contributed by atoms with Gasteiger partial charge >= 0.3 is 0 Å². The van der Waals surface area contributed by atoms with Gasteiger partial charge in [0, 0.05) is 19.2 Å². The number of nitrogens with zero attached hydrogens (tertiary/aromatic N) is 3. The molecule has 0 saturated carbocycles. The van der Waals surface area contributed by atoms with E-state index in [0.29, 0.717) is 18.7 Å². The quantitative estimate of drug-likeness (QED) is 0.565. The lowest BCUT2D eigenvalue weighted by molar-refractivity contribution is 0.0922. The fourth-order valence-electron chi connectivity index (χ4n) is 4.11. The Balaban J connectivity index is 1.71. The van der Waals surface area contributed by atoms with E-state index in [4.69, 9.17) is 10.5 Å². The molecule has 2 aromatic rings. The zero-order chi connectivity index (χ0) is 24.5. The molecular weight excluding hydrogens is 441 g/mol. The average molecular weight is 470 g/mol. The second-order valence-corrected chi connectivity index (χ2v) is 8.94. The highest BCUT2D eigenvalue weighted by Crippen LogP contribution is 2.35. The van der Waals surface area contributed by atoms with Gasteiger partial charge < -0.3 is 30.4 Å². The van der Waals surface area contributed by atoms with E-state index in [1.54, 1.807) is 4.57 Å². The zero-order valence-corrected chi connectivity index (χ0v) is 19.3. The van der Waals surface area contributed by atoms with Gasteiger partial charge in [0.1, 0.15) is 35.3 Å². The topological polar surface area (TPSA) is 123 Å². The normalized spacial score (nSPS) is 15.4. The molecule has 180 valence electrons. The second kappa shape index (κ2) is 9.44. The molecule has 0 bridgehead atoms. The van der Waals surface area contributed by atoms with Crippen molar-refractivity contribution in [3.05, 3.63) is 34.9 Å². The predicted molar refractivity (Wildman–Crippen MR) is 123 cm³/mol. The SMILES string of the molecule is CC(C)(O)C#Cc1cc2c(cc1F)OCCn1c-2nc(C(N)=O)c1C(=O)NCCN1CCCC1. The molecule has 3 heterocycles. The molecule has 4 rings (SSSR count). The number of ether oxygens (including phenoxy) is 1. The molecule has 9 nitrogen and oxygen atoms in total. The van der Waals surface area contributed by atoms with E-state index in [2.05, 4.69) is 27.0 Å². The number of hydrogen-bond donors (Lipinski definition) is 3. The molecule has 4 N–H and O–H groups in total. The first-order chi connectivity index (χ1) is 16.1. The van der Waals surface area contributed by atoms with Crippen LogP contribution in [0.25, 0.3) is 11.4 Å². The minimum Gasteiger partial charge on any atom is -0.491 e. The van der Waals surface area contributed by atoms with Gasteiger partial charge in [0.05, 0.1) is 17.7 Å². The Morgan fingerprint density at radius 3 is 2.71 bits per heavy atom. The van der Waals surface area contributed by atoms with E-state index < -0.39 is 23.2 Å². The van der Waals surface area contributed by atoms with Crippen molar-refractivity contribution in [2.75, 3.05) is 32.8 Å². The highest BCUT2D eigenvalue weighted by molar-refractivity contribution is 6.05. The van der Waals surface area contributed by atoms with Crippen molar-refractivity contribution < 1.29 is 23.8 Å². The van der Waals surface area contributed by atoms with Gasteiger partial charge in [-0.05, 0) is 45.8 Å². The van der Waals surface area contributed by atoms with Crippen LogP contribution >= 0.6 is 0 Å². The van der Waals surface area contributed by atoms with Crippen LogP contribution < -0.4 is 15.8 Å². The summed E-state index contributed by atoms with van der Waals surface area (Å²) >= 11 is 0. The van der Waals surface area contributed by atoms with E-state index in [1.807, 2.05) is 0 Å². The number of rotatable bonds is 5. The summed E-state index contributed by atoms with van der Waals surface area (Å²) in [6.45, 7) is 6.49. The second-order valence-electron chi connectivity index (χ2n) is 8.94. The third-order valence-electron chi connectivity index (χ3n) is 5.71. The number of hydrogen-bond acceptors (Lipinski definition) is 6. The summed E-state index contributed by atoms with van der Waals surface area (Å²) in [6, 6.07) is 2.63. The monoisotopic (exact) mass is 469 g/mol. The summed E-state index contributed by atoms with van der Waals surface area (Å²) in [7, 11) is 0. The summed E-state index contributed by atoms with van der Waals surface area (Å²) in [5.41, 5.74) is 4.54. The molecule has 0 spiro atoms. The number of halogens is 1. The van der Waals surface area contributed by atoms with E-state index in [0.717, 1.165) is 25.9 Å². The number of primary amides is 1. The maximum absolute atomic E-state index is 14.6. The van der Waals surface area contributed by atoms with Gasteiger partial charge in [-0.15, -0.1) is 0 Å². The van der Waals surface area contributed by atoms with Crippen molar-refractivity contribution >= 4 is 11.8 Å². The molecule has 34 heavy (non-hydrogen) atoms. The van der Waals surface area contributed by atoms with Crippen molar-refractivity contribution in [1.82, 2.24) is 19.8 Å². The van der Waals surface area contributed by atoms with Crippen LogP contribution in [0.5, 0.6) is 5.75 Å². The van der Waals surface area contributed by atoms with Gasteiger partial charge in [-0.3, -0.25) is 9.59 Å². The van der Waals surface area contributed by atoms with Crippen molar-refractivity contribution in [3.8, 4) is 29.0 Å². The molecule has 1 aromatic carbocycles. The van der Waals surface area contributed by atoms with Crippen LogP contribution in [0.2, 0.25) is 0 Å². The lowest BCUT2D eigenvalue weighted by atomic mass is 10.1. The van der Waals surface area contributed by atoms with Crippen LogP contribution in [0, 0.1) is 17.7 Å². The van der Waals surface area contributed by atoms with Crippen LogP contribution in [-0.4, -0.2) is 69.8 Å². The van der Waals surface area contributed by atoms with Gasteiger partial charge in [-0.2, -0.15) is 0 Å². The van der Waals surface area contributed by atoms with Crippen LogP contribution in [-0.2, 0) is 6.54 Å². The van der Waals surface area contributed by atoms with E-state index >= 15 is 0 Å². The van der Waals surface area contributed by atoms with Crippen LogP contribution in [0.1, 0.15) is 53.2 Å². The molecule has 0 radical (unpaired) electrons. The Morgan fingerprint density at radius 2 is 2.03 bits per heavy atom. The summed E-state index contributed by atoms with van der Waals surface area (Å²) in [5.74, 6) is 3.77. The number of imidazole rings is 1.